The Hall–Kier alpha value is -2.77. The number of anilines is 1. The van der Waals surface area contributed by atoms with E-state index in [4.69, 9.17) is 16.3 Å². The zero-order chi connectivity index (χ0) is 18.2. The van der Waals surface area contributed by atoms with Crippen LogP contribution in [0.5, 0.6) is 5.75 Å². The van der Waals surface area contributed by atoms with Crippen LogP contribution in [-0.4, -0.2) is 12.5 Å². The Morgan fingerprint density at radius 2 is 2.00 bits per heavy atom. The van der Waals surface area contributed by atoms with Gasteiger partial charge in [0.2, 0.25) is 0 Å². The van der Waals surface area contributed by atoms with Crippen molar-refractivity contribution in [1.29, 1.82) is 5.26 Å². The number of aryl methyl sites for hydroxylation is 1. The van der Waals surface area contributed by atoms with Crippen molar-refractivity contribution in [2.24, 2.45) is 0 Å². The number of amides is 1. The van der Waals surface area contributed by atoms with Gasteiger partial charge in [0.05, 0.1) is 6.61 Å². The van der Waals surface area contributed by atoms with Gasteiger partial charge >= 0.3 is 0 Å². The van der Waals surface area contributed by atoms with E-state index < -0.39 is 5.91 Å². The van der Waals surface area contributed by atoms with Gasteiger partial charge in [0.1, 0.15) is 17.4 Å². The van der Waals surface area contributed by atoms with Crippen LogP contribution in [0.25, 0.3) is 6.08 Å². The van der Waals surface area contributed by atoms with E-state index in [0.29, 0.717) is 17.3 Å². The second-order valence-electron chi connectivity index (χ2n) is 5.50. The van der Waals surface area contributed by atoms with Crippen molar-refractivity contribution in [3.05, 3.63) is 64.2 Å². The fourth-order valence-electron chi connectivity index (χ4n) is 2.11. The molecule has 0 aliphatic heterocycles. The van der Waals surface area contributed by atoms with Crippen LogP contribution in [0.15, 0.2) is 48.0 Å². The molecule has 128 valence electrons. The number of benzene rings is 2. The monoisotopic (exact) mass is 354 g/mol. The molecule has 2 rings (SSSR count). The fraction of sp³-hybridized carbons (Fsp3) is 0.200. The molecule has 0 bridgehead atoms. The van der Waals surface area contributed by atoms with Crippen molar-refractivity contribution in [2.45, 2.75) is 20.3 Å². The number of nitrogens with zero attached hydrogens (tertiary/aromatic N) is 1. The van der Waals surface area contributed by atoms with Crippen molar-refractivity contribution in [3.63, 3.8) is 0 Å². The van der Waals surface area contributed by atoms with E-state index in [1.165, 1.54) is 0 Å². The first-order valence-electron chi connectivity index (χ1n) is 7.95. The van der Waals surface area contributed by atoms with E-state index in [-0.39, 0.29) is 5.57 Å². The molecule has 0 aromatic heterocycles. The van der Waals surface area contributed by atoms with Crippen LogP contribution in [0.3, 0.4) is 0 Å². The van der Waals surface area contributed by atoms with Crippen molar-refractivity contribution in [1.82, 2.24) is 0 Å². The third-order valence-corrected chi connectivity index (χ3v) is 3.71. The lowest BCUT2D eigenvalue weighted by atomic mass is 10.1. The van der Waals surface area contributed by atoms with Crippen LogP contribution in [-0.2, 0) is 4.79 Å². The lowest BCUT2D eigenvalue weighted by Gasteiger charge is -2.08. The zero-order valence-electron chi connectivity index (χ0n) is 14.2. The number of halogens is 1. The standard InChI is InChI=1S/C20H19ClN2O2/c1-3-10-25-18-8-5-15(6-9-18)11-16(13-22)20(24)23-19-12-17(21)7-4-14(19)2/h4-9,11-12H,3,10H2,1-2H3,(H,23,24)/b16-11+. The van der Waals surface area contributed by atoms with Crippen LogP contribution in [0.1, 0.15) is 24.5 Å². The molecule has 0 aliphatic rings. The van der Waals surface area contributed by atoms with Gasteiger partial charge in [-0.2, -0.15) is 5.26 Å². The Bertz CT molecular complexity index is 821. The van der Waals surface area contributed by atoms with Crippen molar-refractivity contribution in [2.75, 3.05) is 11.9 Å². The number of hydrogen-bond acceptors (Lipinski definition) is 3. The maximum Gasteiger partial charge on any atom is 0.266 e. The van der Waals surface area contributed by atoms with Crippen molar-refractivity contribution >= 4 is 29.3 Å². The quantitative estimate of drug-likeness (QED) is 0.587. The molecule has 1 N–H and O–H groups in total. The van der Waals surface area contributed by atoms with Gasteiger partial charge in [-0.05, 0) is 54.8 Å². The highest BCUT2D eigenvalue weighted by Gasteiger charge is 2.11. The van der Waals surface area contributed by atoms with Crippen LogP contribution in [0.2, 0.25) is 5.02 Å². The van der Waals surface area contributed by atoms with E-state index in [2.05, 4.69) is 5.32 Å². The summed E-state index contributed by atoms with van der Waals surface area (Å²) in [6.45, 7) is 4.55. The number of nitrogens with one attached hydrogen (secondary N) is 1. The molecular formula is C20H19ClN2O2. The van der Waals surface area contributed by atoms with E-state index in [9.17, 15) is 10.1 Å². The average Bonchev–Trinajstić information content (AvgIpc) is 2.61. The van der Waals surface area contributed by atoms with Crippen molar-refractivity contribution < 1.29 is 9.53 Å². The first kappa shape index (κ1) is 18.6. The molecule has 0 saturated carbocycles. The SMILES string of the molecule is CCCOc1ccc(/C=C(\C#N)C(=O)Nc2cc(Cl)ccc2C)cc1. The summed E-state index contributed by atoms with van der Waals surface area (Å²) in [4.78, 5) is 12.4. The highest BCUT2D eigenvalue weighted by Crippen LogP contribution is 2.21. The average molecular weight is 355 g/mol. The highest BCUT2D eigenvalue weighted by molar-refractivity contribution is 6.31. The molecule has 2 aromatic rings. The Labute approximate surface area is 152 Å². The molecule has 1 amide bonds. The third kappa shape index (κ3) is 5.37. The van der Waals surface area contributed by atoms with Gasteiger partial charge in [-0.15, -0.1) is 0 Å². The second-order valence-corrected chi connectivity index (χ2v) is 5.94. The van der Waals surface area contributed by atoms with Crippen LogP contribution in [0.4, 0.5) is 5.69 Å². The number of carbonyl (C=O) groups excluding carboxylic acids is 1. The summed E-state index contributed by atoms with van der Waals surface area (Å²) in [5, 5.41) is 12.5. The number of rotatable bonds is 6. The smallest absolute Gasteiger partial charge is 0.266 e. The maximum absolute atomic E-state index is 12.4. The second kappa shape index (κ2) is 8.91. The third-order valence-electron chi connectivity index (χ3n) is 3.48. The summed E-state index contributed by atoms with van der Waals surface area (Å²) < 4.78 is 5.51. The Kier molecular flexibility index (Phi) is 6.62. The van der Waals surface area contributed by atoms with Gasteiger partial charge in [0.25, 0.3) is 5.91 Å². The van der Waals surface area contributed by atoms with E-state index >= 15 is 0 Å². The molecule has 0 atom stereocenters. The molecular weight excluding hydrogens is 336 g/mol. The molecule has 0 spiro atoms. The van der Waals surface area contributed by atoms with Gasteiger partial charge < -0.3 is 10.1 Å². The minimum atomic E-state index is -0.473. The predicted octanol–water partition coefficient (Wildman–Crippen LogP) is 4.98. The molecule has 25 heavy (non-hydrogen) atoms. The minimum Gasteiger partial charge on any atom is -0.494 e. The Morgan fingerprint density at radius 1 is 1.28 bits per heavy atom. The normalized spacial score (nSPS) is 10.9. The largest absolute Gasteiger partial charge is 0.494 e. The first-order valence-corrected chi connectivity index (χ1v) is 8.33. The van der Waals surface area contributed by atoms with Crippen molar-refractivity contribution in [3.8, 4) is 11.8 Å². The van der Waals surface area contributed by atoms with Gasteiger partial charge in [-0.25, -0.2) is 0 Å². The molecule has 0 heterocycles. The molecule has 4 nitrogen and oxygen atoms in total. The summed E-state index contributed by atoms with van der Waals surface area (Å²) >= 11 is 5.95. The lowest BCUT2D eigenvalue weighted by Crippen LogP contribution is -2.14. The van der Waals surface area contributed by atoms with Crippen LogP contribution in [0, 0.1) is 18.3 Å². The molecule has 0 saturated heterocycles. The minimum absolute atomic E-state index is 0.0154. The zero-order valence-corrected chi connectivity index (χ0v) is 14.9. The number of nitriles is 1. The van der Waals surface area contributed by atoms with E-state index in [1.807, 2.05) is 38.1 Å². The van der Waals surface area contributed by atoms with E-state index in [1.54, 1.807) is 30.3 Å². The fourth-order valence-corrected chi connectivity index (χ4v) is 2.29. The lowest BCUT2D eigenvalue weighted by molar-refractivity contribution is -0.112. The summed E-state index contributed by atoms with van der Waals surface area (Å²) in [5.74, 6) is 0.288. The van der Waals surface area contributed by atoms with Gasteiger partial charge in [-0.3, -0.25) is 4.79 Å². The summed E-state index contributed by atoms with van der Waals surface area (Å²) in [6.07, 6.45) is 2.47. The Morgan fingerprint density at radius 3 is 2.64 bits per heavy atom. The first-order chi connectivity index (χ1) is 12.0. The van der Waals surface area contributed by atoms with Crippen LogP contribution >= 0.6 is 11.6 Å². The number of carbonyl (C=O) groups is 1. The molecule has 0 aliphatic carbocycles. The Balaban J connectivity index is 2.15. The molecule has 0 unspecified atom stereocenters. The van der Waals surface area contributed by atoms with Gasteiger partial charge in [0, 0.05) is 10.7 Å². The molecule has 5 heteroatoms. The van der Waals surface area contributed by atoms with E-state index in [0.717, 1.165) is 23.3 Å². The summed E-state index contributed by atoms with van der Waals surface area (Å²) in [5.41, 5.74) is 2.22. The van der Waals surface area contributed by atoms with Crippen LogP contribution < -0.4 is 10.1 Å². The highest BCUT2D eigenvalue weighted by atomic mass is 35.5. The summed E-state index contributed by atoms with van der Waals surface area (Å²) in [7, 11) is 0. The molecule has 0 fully saturated rings. The maximum atomic E-state index is 12.4. The number of ether oxygens (including phenoxy) is 1. The summed E-state index contributed by atoms with van der Waals surface area (Å²) in [6, 6.07) is 14.4. The van der Waals surface area contributed by atoms with Gasteiger partial charge in [0.15, 0.2) is 0 Å². The van der Waals surface area contributed by atoms with Gasteiger partial charge in [-0.1, -0.05) is 36.7 Å². The predicted molar refractivity (Wildman–Crippen MR) is 101 cm³/mol. The topological polar surface area (TPSA) is 62.1 Å². The molecule has 2 aromatic carbocycles. The molecule has 0 radical (unpaired) electrons. The number of hydrogen-bond donors (Lipinski definition) is 1.